The Hall–Kier alpha value is -2.89. The summed E-state index contributed by atoms with van der Waals surface area (Å²) in [5.41, 5.74) is 1.98. The lowest BCUT2D eigenvalue weighted by Gasteiger charge is -2.31. The molecule has 2 N–H and O–H groups in total. The second kappa shape index (κ2) is 12.7. The van der Waals surface area contributed by atoms with E-state index in [9.17, 15) is 9.90 Å². The first kappa shape index (κ1) is 27.3. The molecule has 1 amide bonds. The first-order valence-electron chi connectivity index (χ1n) is 14.3. The molecule has 3 fully saturated rings. The first-order valence-corrected chi connectivity index (χ1v) is 14.3. The second-order valence-electron chi connectivity index (χ2n) is 11.0. The Morgan fingerprint density at radius 3 is 2.70 bits per heavy atom. The number of aliphatic hydroxyl groups excluding tert-OH is 1. The topological polar surface area (TPSA) is 108 Å². The summed E-state index contributed by atoms with van der Waals surface area (Å²) in [6.45, 7) is 1.78. The molecule has 3 aliphatic heterocycles. The highest BCUT2D eigenvalue weighted by molar-refractivity contribution is 5.68. The third-order valence-corrected chi connectivity index (χ3v) is 8.10. The van der Waals surface area contributed by atoms with Crippen molar-refractivity contribution in [3.8, 4) is 11.5 Å². The van der Waals surface area contributed by atoms with Gasteiger partial charge >= 0.3 is 6.09 Å². The Morgan fingerprint density at radius 1 is 1.02 bits per heavy atom. The van der Waals surface area contributed by atoms with Gasteiger partial charge in [-0.05, 0) is 48.9 Å². The van der Waals surface area contributed by atoms with Gasteiger partial charge in [-0.3, -0.25) is 4.84 Å². The van der Waals surface area contributed by atoms with Crippen LogP contribution >= 0.6 is 0 Å². The van der Waals surface area contributed by atoms with E-state index in [1.54, 1.807) is 0 Å². The third-order valence-electron chi connectivity index (χ3n) is 8.10. The van der Waals surface area contributed by atoms with Crippen LogP contribution in [0.1, 0.15) is 43.2 Å². The van der Waals surface area contributed by atoms with Crippen LogP contribution in [0.15, 0.2) is 48.5 Å². The van der Waals surface area contributed by atoms with Crippen molar-refractivity contribution in [2.45, 2.75) is 75.7 Å². The molecule has 5 atom stereocenters. The van der Waals surface area contributed by atoms with E-state index in [2.05, 4.69) is 5.32 Å². The molecule has 4 aliphatic rings. The molecule has 2 aromatic carbocycles. The van der Waals surface area contributed by atoms with Gasteiger partial charge in [0.15, 0.2) is 17.8 Å². The normalized spacial score (nSPS) is 25.2. The predicted molar refractivity (Wildman–Crippen MR) is 143 cm³/mol. The smallest absolute Gasteiger partial charge is 0.407 e. The molecule has 216 valence electrons. The lowest BCUT2D eigenvalue weighted by Crippen LogP contribution is -2.50. The fourth-order valence-corrected chi connectivity index (χ4v) is 5.95. The first-order chi connectivity index (χ1) is 19.6. The molecule has 10 heteroatoms. The number of carbonyl (C=O) groups excluding carboxylic acids is 1. The number of ether oxygens (including phenoxy) is 5. The molecule has 40 heavy (non-hydrogen) atoms. The van der Waals surface area contributed by atoms with Gasteiger partial charge < -0.3 is 34.1 Å². The van der Waals surface area contributed by atoms with Gasteiger partial charge in [0.1, 0.15) is 6.10 Å². The zero-order valence-electron chi connectivity index (χ0n) is 22.6. The maximum Gasteiger partial charge on any atom is 0.407 e. The largest absolute Gasteiger partial charge is 0.454 e. The molecule has 0 radical (unpaired) electrons. The van der Waals surface area contributed by atoms with E-state index >= 15 is 0 Å². The molecule has 1 saturated carbocycles. The minimum atomic E-state index is -0.925. The zero-order valence-corrected chi connectivity index (χ0v) is 22.6. The minimum Gasteiger partial charge on any atom is -0.454 e. The van der Waals surface area contributed by atoms with Crippen molar-refractivity contribution in [3.63, 3.8) is 0 Å². The average molecular weight is 555 g/mol. The number of hydrogen-bond acceptors (Lipinski definition) is 9. The van der Waals surface area contributed by atoms with Crippen LogP contribution < -0.4 is 14.8 Å². The van der Waals surface area contributed by atoms with Crippen molar-refractivity contribution in [1.82, 2.24) is 10.4 Å². The maximum atomic E-state index is 13.0. The zero-order chi connectivity index (χ0) is 27.3. The van der Waals surface area contributed by atoms with Crippen LogP contribution in [0.25, 0.3) is 0 Å². The highest BCUT2D eigenvalue weighted by Gasteiger charge is 2.44. The number of hydrogen-bond donors (Lipinski definition) is 2. The Bertz CT molecular complexity index is 1130. The summed E-state index contributed by atoms with van der Waals surface area (Å²) in [5, 5.41) is 16.3. The quantitative estimate of drug-likeness (QED) is 0.403. The average Bonchev–Trinajstić information content (AvgIpc) is 3.76. The van der Waals surface area contributed by atoms with Crippen LogP contribution in [0, 0.1) is 5.92 Å². The number of benzene rings is 2. The van der Waals surface area contributed by atoms with E-state index in [-0.39, 0.29) is 37.8 Å². The van der Waals surface area contributed by atoms with Gasteiger partial charge in [-0.1, -0.05) is 49.2 Å². The Morgan fingerprint density at radius 2 is 1.85 bits per heavy atom. The fourth-order valence-electron chi connectivity index (χ4n) is 5.95. The Balaban J connectivity index is 1.14. The molecular weight excluding hydrogens is 516 g/mol. The summed E-state index contributed by atoms with van der Waals surface area (Å²) in [4.78, 5) is 19.4. The summed E-state index contributed by atoms with van der Waals surface area (Å²) in [6, 6.07) is 15.0. The van der Waals surface area contributed by atoms with Gasteiger partial charge in [0.2, 0.25) is 6.79 Å². The number of alkyl carbamates (subject to hydrolysis) is 1. The molecule has 0 aromatic heterocycles. The van der Waals surface area contributed by atoms with Crippen molar-refractivity contribution in [2.75, 3.05) is 26.6 Å². The summed E-state index contributed by atoms with van der Waals surface area (Å²) >= 11 is 0. The molecule has 10 nitrogen and oxygen atoms in total. The molecular formula is C30H38N2O8. The van der Waals surface area contributed by atoms with E-state index in [0.29, 0.717) is 31.9 Å². The molecule has 0 bridgehead atoms. The minimum absolute atomic E-state index is 0.0419. The number of carbonyl (C=O) groups is 1. The van der Waals surface area contributed by atoms with Crippen molar-refractivity contribution in [2.24, 2.45) is 5.92 Å². The lowest BCUT2D eigenvalue weighted by molar-refractivity contribution is -0.214. The van der Waals surface area contributed by atoms with Gasteiger partial charge in [-0.2, -0.15) is 5.06 Å². The highest BCUT2D eigenvalue weighted by atomic mass is 16.7. The summed E-state index contributed by atoms with van der Waals surface area (Å²) in [5.74, 6) is 1.47. The van der Waals surface area contributed by atoms with E-state index in [0.717, 1.165) is 49.0 Å². The van der Waals surface area contributed by atoms with Crippen LogP contribution in [0.4, 0.5) is 4.79 Å². The standard InChI is InChI=1S/C30H38N2O8/c33-25(17-32(40-22-8-4-5-9-22)16-21-10-11-26-27(15-21)38-19-37-26)24(14-20-6-2-1-3-7-20)31-30(34)39-28-18-36-29-23(28)12-13-35-29/h1-3,6-7,10-11,15,22-25,28-29,33H,4-5,8-9,12-14,16-19H2,(H,31,34). The number of nitrogens with one attached hydrogen (secondary N) is 1. The van der Waals surface area contributed by atoms with E-state index < -0.39 is 18.2 Å². The number of nitrogens with zero attached hydrogens (tertiary/aromatic N) is 1. The Labute approximate surface area is 234 Å². The third kappa shape index (κ3) is 6.70. The monoisotopic (exact) mass is 554 g/mol. The van der Waals surface area contributed by atoms with Crippen molar-refractivity contribution in [3.05, 3.63) is 59.7 Å². The molecule has 2 aromatic rings. The van der Waals surface area contributed by atoms with Gasteiger partial charge in [0, 0.05) is 6.54 Å². The predicted octanol–water partition coefficient (Wildman–Crippen LogP) is 3.55. The van der Waals surface area contributed by atoms with E-state index in [1.165, 1.54) is 0 Å². The van der Waals surface area contributed by atoms with Gasteiger partial charge in [0.05, 0.1) is 43.9 Å². The summed E-state index contributed by atoms with van der Waals surface area (Å²) < 4.78 is 27.9. The molecule has 2 saturated heterocycles. The lowest BCUT2D eigenvalue weighted by atomic mass is 10.0. The van der Waals surface area contributed by atoms with Crippen LogP contribution in [-0.4, -0.2) is 73.5 Å². The van der Waals surface area contributed by atoms with Crippen molar-refractivity contribution in [1.29, 1.82) is 0 Å². The van der Waals surface area contributed by atoms with Crippen molar-refractivity contribution >= 4 is 6.09 Å². The van der Waals surface area contributed by atoms with Crippen LogP contribution in [0.3, 0.4) is 0 Å². The van der Waals surface area contributed by atoms with Crippen LogP contribution in [0.2, 0.25) is 0 Å². The Kier molecular flexibility index (Phi) is 8.69. The number of hydroxylamine groups is 2. The summed E-state index contributed by atoms with van der Waals surface area (Å²) in [7, 11) is 0. The van der Waals surface area contributed by atoms with Crippen LogP contribution in [-0.2, 0) is 32.0 Å². The van der Waals surface area contributed by atoms with Crippen LogP contribution in [0.5, 0.6) is 11.5 Å². The molecule has 0 spiro atoms. The molecule has 6 rings (SSSR count). The summed E-state index contributed by atoms with van der Waals surface area (Å²) in [6.07, 6.45) is 3.42. The highest BCUT2D eigenvalue weighted by Crippen LogP contribution is 2.34. The van der Waals surface area contributed by atoms with E-state index in [1.807, 2.05) is 53.6 Å². The number of aliphatic hydroxyl groups is 1. The van der Waals surface area contributed by atoms with Gasteiger partial charge in [-0.25, -0.2) is 4.79 Å². The van der Waals surface area contributed by atoms with Gasteiger partial charge in [0.25, 0.3) is 0 Å². The maximum absolute atomic E-state index is 13.0. The van der Waals surface area contributed by atoms with Crippen molar-refractivity contribution < 1.29 is 38.4 Å². The molecule has 1 aliphatic carbocycles. The molecule has 5 unspecified atom stereocenters. The second-order valence-corrected chi connectivity index (χ2v) is 11.0. The number of amides is 1. The molecule has 3 heterocycles. The fraction of sp³-hybridized carbons (Fsp3) is 0.567. The number of fused-ring (bicyclic) bond motifs is 2. The van der Waals surface area contributed by atoms with E-state index in [4.69, 9.17) is 28.5 Å². The van der Waals surface area contributed by atoms with Gasteiger partial charge in [-0.15, -0.1) is 0 Å². The SMILES string of the molecule is O=C(NC(Cc1ccccc1)C(O)CN(Cc1ccc2c(c1)OCO2)OC1CCCC1)OC1COC2OCCC12. The number of rotatable bonds is 11.